The molecule has 1 aromatic heterocycles. The standard InChI is InChI=1S/C15H18N2O5S/c1-5-11-6-8-12(9-7-11)22-23(20,21)13-10(2)16(3)15(19)17(4)14(13)18/h6-9H,5H2,1-4H3. The number of hydrogen-bond acceptors (Lipinski definition) is 5. The van der Waals surface area contributed by atoms with Crippen molar-refractivity contribution in [1.82, 2.24) is 9.13 Å². The second-order valence-corrected chi connectivity index (χ2v) is 6.64. The predicted molar refractivity (Wildman–Crippen MR) is 85.3 cm³/mol. The largest absolute Gasteiger partial charge is 0.379 e. The van der Waals surface area contributed by atoms with Gasteiger partial charge in [0.2, 0.25) is 0 Å². The van der Waals surface area contributed by atoms with Crippen LogP contribution in [0.15, 0.2) is 38.8 Å². The molecule has 0 unspecified atom stereocenters. The molecular weight excluding hydrogens is 320 g/mol. The Morgan fingerprint density at radius 3 is 2.13 bits per heavy atom. The molecule has 124 valence electrons. The van der Waals surface area contributed by atoms with Gasteiger partial charge in [0.15, 0.2) is 4.90 Å². The van der Waals surface area contributed by atoms with Crippen molar-refractivity contribution in [2.24, 2.45) is 14.1 Å². The van der Waals surface area contributed by atoms with E-state index in [1.165, 1.54) is 33.2 Å². The first-order valence-electron chi connectivity index (χ1n) is 6.99. The van der Waals surface area contributed by atoms with Crippen molar-refractivity contribution in [2.45, 2.75) is 25.2 Å². The van der Waals surface area contributed by atoms with Crippen molar-refractivity contribution < 1.29 is 12.6 Å². The molecule has 2 rings (SSSR count). The minimum atomic E-state index is -4.35. The Bertz CT molecular complexity index is 953. The monoisotopic (exact) mass is 338 g/mol. The van der Waals surface area contributed by atoms with Crippen LogP contribution in [0.5, 0.6) is 5.75 Å². The third-order valence-electron chi connectivity index (χ3n) is 3.69. The van der Waals surface area contributed by atoms with E-state index < -0.39 is 26.3 Å². The first-order chi connectivity index (χ1) is 10.7. The fourth-order valence-corrected chi connectivity index (χ4v) is 3.45. The van der Waals surface area contributed by atoms with E-state index in [4.69, 9.17) is 4.18 Å². The molecule has 0 radical (unpaired) electrons. The minimum Gasteiger partial charge on any atom is -0.379 e. The summed E-state index contributed by atoms with van der Waals surface area (Å²) in [4.78, 5) is 23.5. The van der Waals surface area contributed by atoms with Crippen molar-refractivity contribution in [2.75, 3.05) is 0 Å². The fraction of sp³-hybridized carbons (Fsp3) is 0.333. The van der Waals surface area contributed by atoms with Gasteiger partial charge in [-0.15, -0.1) is 0 Å². The van der Waals surface area contributed by atoms with Crippen LogP contribution in [-0.4, -0.2) is 17.6 Å². The quantitative estimate of drug-likeness (QED) is 0.767. The lowest BCUT2D eigenvalue weighted by atomic mass is 10.2. The fourth-order valence-electron chi connectivity index (χ4n) is 2.15. The summed E-state index contributed by atoms with van der Waals surface area (Å²) in [6.07, 6.45) is 0.813. The maximum atomic E-state index is 12.5. The maximum absolute atomic E-state index is 12.5. The highest BCUT2D eigenvalue weighted by Gasteiger charge is 2.27. The molecule has 0 bridgehead atoms. The van der Waals surface area contributed by atoms with Gasteiger partial charge < -0.3 is 4.18 Å². The number of nitrogens with zero attached hydrogens (tertiary/aromatic N) is 2. The Morgan fingerprint density at radius 2 is 1.61 bits per heavy atom. The molecule has 0 N–H and O–H groups in total. The lowest BCUT2D eigenvalue weighted by Gasteiger charge is -2.13. The van der Waals surface area contributed by atoms with E-state index in [1.54, 1.807) is 12.1 Å². The van der Waals surface area contributed by atoms with Crippen molar-refractivity contribution in [3.8, 4) is 5.75 Å². The molecule has 2 aromatic rings. The third kappa shape index (κ3) is 3.07. The smallest absolute Gasteiger partial charge is 0.346 e. The van der Waals surface area contributed by atoms with Crippen LogP contribution < -0.4 is 15.4 Å². The summed E-state index contributed by atoms with van der Waals surface area (Å²) in [5.41, 5.74) is -0.443. The summed E-state index contributed by atoms with van der Waals surface area (Å²) in [5, 5.41) is 0. The molecule has 0 aliphatic rings. The van der Waals surface area contributed by atoms with Crippen molar-refractivity contribution >= 4 is 10.1 Å². The molecule has 1 aromatic carbocycles. The number of rotatable bonds is 4. The Hall–Kier alpha value is -2.35. The SMILES string of the molecule is CCc1ccc(OS(=O)(=O)c2c(C)n(C)c(=O)n(C)c2=O)cc1. The van der Waals surface area contributed by atoms with Gasteiger partial charge in [-0.25, -0.2) is 4.79 Å². The first-order valence-corrected chi connectivity index (χ1v) is 8.40. The Balaban J connectivity index is 2.56. The van der Waals surface area contributed by atoms with Gasteiger partial charge >= 0.3 is 15.8 Å². The molecule has 1 heterocycles. The third-order valence-corrected chi connectivity index (χ3v) is 5.07. The van der Waals surface area contributed by atoms with E-state index in [9.17, 15) is 18.0 Å². The Morgan fingerprint density at radius 1 is 1.04 bits per heavy atom. The highest BCUT2D eigenvalue weighted by atomic mass is 32.2. The number of benzene rings is 1. The normalized spacial score (nSPS) is 11.5. The van der Waals surface area contributed by atoms with Crippen LogP contribution in [0.1, 0.15) is 18.2 Å². The predicted octanol–water partition coefficient (Wildman–Crippen LogP) is 0.723. The van der Waals surface area contributed by atoms with Gasteiger partial charge in [0.1, 0.15) is 5.75 Å². The van der Waals surface area contributed by atoms with E-state index in [-0.39, 0.29) is 11.4 Å². The van der Waals surface area contributed by atoms with E-state index in [0.29, 0.717) is 0 Å². The number of aryl methyl sites for hydroxylation is 1. The van der Waals surface area contributed by atoms with Gasteiger partial charge in [0, 0.05) is 19.8 Å². The summed E-state index contributed by atoms with van der Waals surface area (Å²) in [5.74, 6) is 0.109. The lowest BCUT2D eigenvalue weighted by Crippen LogP contribution is -2.41. The topological polar surface area (TPSA) is 87.4 Å². The van der Waals surface area contributed by atoms with Crippen LogP contribution in [-0.2, 0) is 30.6 Å². The first kappa shape index (κ1) is 17.0. The van der Waals surface area contributed by atoms with Crippen LogP contribution >= 0.6 is 0 Å². The van der Waals surface area contributed by atoms with Gasteiger partial charge in [0.05, 0.1) is 0 Å². The molecule has 0 fully saturated rings. The second-order valence-electron chi connectivity index (χ2n) is 5.16. The molecule has 23 heavy (non-hydrogen) atoms. The van der Waals surface area contributed by atoms with Gasteiger partial charge in [-0.05, 0) is 31.0 Å². The zero-order chi connectivity index (χ0) is 17.4. The summed E-state index contributed by atoms with van der Waals surface area (Å²) in [6, 6.07) is 6.55. The van der Waals surface area contributed by atoms with Crippen LogP contribution in [0.25, 0.3) is 0 Å². The molecule has 8 heteroatoms. The van der Waals surface area contributed by atoms with Gasteiger partial charge in [-0.2, -0.15) is 8.42 Å². The number of hydrogen-bond donors (Lipinski definition) is 0. The molecular formula is C15H18N2O5S. The average Bonchev–Trinajstić information content (AvgIpc) is 2.51. The Kier molecular flexibility index (Phi) is 4.46. The van der Waals surface area contributed by atoms with Crippen LogP contribution in [0, 0.1) is 6.92 Å². The zero-order valence-electron chi connectivity index (χ0n) is 13.4. The molecule has 0 atom stereocenters. The summed E-state index contributed by atoms with van der Waals surface area (Å²) in [6.45, 7) is 3.36. The van der Waals surface area contributed by atoms with E-state index in [1.807, 2.05) is 6.92 Å². The average molecular weight is 338 g/mol. The van der Waals surface area contributed by atoms with Crippen LogP contribution in [0.3, 0.4) is 0 Å². The molecule has 0 saturated heterocycles. The van der Waals surface area contributed by atoms with Crippen molar-refractivity contribution in [3.05, 3.63) is 56.4 Å². The minimum absolute atomic E-state index is 0.0308. The second kappa shape index (κ2) is 6.04. The highest BCUT2D eigenvalue weighted by molar-refractivity contribution is 7.87. The molecule has 7 nitrogen and oxygen atoms in total. The van der Waals surface area contributed by atoms with E-state index >= 15 is 0 Å². The van der Waals surface area contributed by atoms with Gasteiger partial charge in [-0.3, -0.25) is 13.9 Å². The van der Waals surface area contributed by atoms with Gasteiger partial charge in [-0.1, -0.05) is 19.1 Å². The summed E-state index contributed by atoms with van der Waals surface area (Å²) in [7, 11) is -1.73. The molecule has 0 amide bonds. The van der Waals surface area contributed by atoms with Gasteiger partial charge in [0.25, 0.3) is 5.56 Å². The lowest BCUT2D eigenvalue weighted by molar-refractivity contribution is 0.478. The molecule has 0 spiro atoms. The molecule has 0 saturated carbocycles. The Labute approximate surface area is 133 Å². The maximum Gasteiger partial charge on any atom is 0.346 e. The highest BCUT2D eigenvalue weighted by Crippen LogP contribution is 2.19. The van der Waals surface area contributed by atoms with E-state index in [0.717, 1.165) is 21.1 Å². The number of aromatic nitrogens is 2. The van der Waals surface area contributed by atoms with Crippen LogP contribution in [0.4, 0.5) is 0 Å². The molecule has 0 aliphatic heterocycles. The summed E-state index contributed by atoms with van der Waals surface area (Å²) < 4.78 is 31.8. The summed E-state index contributed by atoms with van der Waals surface area (Å²) >= 11 is 0. The van der Waals surface area contributed by atoms with Crippen molar-refractivity contribution in [1.29, 1.82) is 0 Å². The van der Waals surface area contributed by atoms with Crippen LogP contribution in [0.2, 0.25) is 0 Å². The van der Waals surface area contributed by atoms with Crippen molar-refractivity contribution in [3.63, 3.8) is 0 Å². The zero-order valence-corrected chi connectivity index (χ0v) is 14.2. The van der Waals surface area contributed by atoms with E-state index in [2.05, 4.69) is 0 Å². The molecule has 0 aliphatic carbocycles.